The van der Waals surface area contributed by atoms with E-state index in [1.165, 1.54) is 70.6 Å². The molecule has 100 heavy (non-hydrogen) atoms. The molecule has 0 aliphatic carbocycles. The molecule has 0 spiro atoms. The van der Waals surface area contributed by atoms with Crippen molar-refractivity contribution in [1.29, 1.82) is 0 Å². The van der Waals surface area contributed by atoms with E-state index in [4.69, 9.17) is 37.0 Å². The van der Waals surface area contributed by atoms with Crippen LogP contribution in [0.4, 0.5) is 0 Å². The second-order valence-corrected chi connectivity index (χ2v) is 28.8. The van der Waals surface area contributed by atoms with E-state index in [0.29, 0.717) is 25.7 Å². The first-order valence-corrected chi connectivity index (χ1v) is 42.1. The summed E-state index contributed by atoms with van der Waals surface area (Å²) in [6, 6.07) is 0. The van der Waals surface area contributed by atoms with Crippen molar-refractivity contribution in [3.05, 3.63) is 109 Å². The summed E-state index contributed by atoms with van der Waals surface area (Å²) in [6.45, 7) is 4.65. The Morgan fingerprint density at radius 3 is 0.840 bits per heavy atom. The number of phosphoric acid groups is 2. The molecule has 0 fully saturated rings. The summed E-state index contributed by atoms with van der Waals surface area (Å²) in [5, 5.41) is 10.6. The number of hydrogen-bond acceptors (Lipinski definition) is 15. The van der Waals surface area contributed by atoms with Gasteiger partial charge in [0.2, 0.25) is 0 Å². The van der Waals surface area contributed by atoms with Gasteiger partial charge in [0, 0.05) is 25.7 Å². The maximum Gasteiger partial charge on any atom is 0.472 e. The number of hydrogen-bond donors (Lipinski definition) is 3. The minimum atomic E-state index is -4.99. The molecule has 5 atom stereocenters. The zero-order valence-corrected chi connectivity index (χ0v) is 64.6. The minimum Gasteiger partial charge on any atom is -0.462 e. The fraction of sp³-hybridized carbons (Fsp3) is 0.728. The number of carbonyl (C=O) groups is 4. The first-order chi connectivity index (χ1) is 48.7. The Kier molecular flexibility index (Phi) is 69.9. The van der Waals surface area contributed by atoms with Crippen molar-refractivity contribution < 1.29 is 80.2 Å². The molecule has 0 aromatic rings. The molecule has 576 valence electrons. The third-order valence-electron chi connectivity index (χ3n) is 16.2. The SMILES string of the molecule is CC/C=C\C/C=C\C/C=C\C/C=C\C/C=C\CCCCCC(=O)OCC(COP(=O)(O)OCC(O)COP(=O)(O)OCC(COC(=O)CCCCCCC/C=C\CCCCCC)OC(=O)CCCCCCC/C=C\CCCCCC)OC(=O)CCCCCCC/C=C\C/C=C\CCCCC. The number of aliphatic hydroxyl groups excluding tert-OH is 1. The van der Waals surface area contributed by atoms with Crippen LogP contribution in [0.2, 0.25) is 0 Å². The molecule has 0 rings (SSSR count). The lowest BCUT2D eigenvalue weighted by Gasteiger charge is -2.21. The second kappa shape index (κ2) is 73.0. The maximum atomic E-state index is 13.1. The van der Waals surface area contributed by atoms with Crippen LogP contribution in [0, 0.1) is 0 Å². The molecule has 0 aromatic carbocycles. The van der Waals surface area contributed by atoms with E-state index in [9.17, 15) is 43.2 Å². The number of rotatable bonds is 73. The molecule has 0 aliphatic rings. The van der Waals surface area contributed by atoms with Crippen LogP contribution in [0.15, 0.2) is 109 Å². The first kappa shape index (κ1) is 95.7. The minimum absolute atomic E-state index is 0.0698. The number of aliphatic hydroxyl groups is 1. The van der Waals surface area contributed by atoms with Gasteiger partial charge in [0.15, 0.2) is 12.2 Å². The van der Waals surface area contributed by atoms with Crippen molar-refractivity contribution in [2.24, 2.45) is 0 Å². The van der Waals surface area contributed by atoms with E-state index in [1.807, 2.05) is 0 Å². The summed E-state index contributed by atoms with van der Waals surface area (Å²) in [5.41, 5.74) is 0. The Morgan fingerprint density at radius 2 is 0.520 bits per heavy atom. The number of phosphoric ester groups is 2. The molecule has 3 N–H and O–H groups in total. The number of ether oxygens (including phenoxy) is 4. The van der Waals surface area contributed by atoms with E-state index < -0.39 is 97.5 Å². The monoisotopic (exact) mass is 1450 g/mol. The standard InChI is InChI=1S/C81H140O17P2/c1-5-9-13-17-21-25-29-33-35-36-37-38-40-43-46-50-54-58-62-66-79(84)92-72-77(98-81(86)68-64-60-56-52-48-44-39-34-30-26-22-18-14-10-6-2)74-96-100(89,90)94-70-75(82)69-93-99(87,88)95-73-76(97-80(85)67-63-59-55-51-47-42-32-28-24-20-16-12-8-4)71-91-78(83)65-61-57-53-49-45-41-31-27-23-19-15-11-7-3/h9,13,21-22,25-28,31-35,37-39,43,46,75-77,82H,5-8,10-12,14-20,23-24,29-30,36,40-42,44-45,47-74H2,1-4H3,(H,87,88)(H,89,90)/b13-9-,25-21-,26-22-,31-27-,32-28-,35-33-,38-37-,39-34-,46-43-. The molecule has 5 unspecified atom stereocenters. The largest absolute Gasteiger partial charge is 0.472 e. The Labute approximate surface area is 607 Å². The van der Waals surface area contributed by atoms with Crippen molar-refractivity contribution in [3.8, 4) is 0 Å². The molecule has 0 bridgehead atoms. The van der Waals surface area contributed by atoms with Crippen LogP contribution in [0.1, 0.15) is 323 Å². The van der Waals surface area contributed by atoms with Crippen LogP contribution in [-0.4, -0.2) is 96.7 Å². The average Bonchev–Trinajstić information content (AvgIpc) is 0.946. The van der Waals surface area contributed by atoms with Crippen molar-refractivity contribution in [2.75, 3.05) is 39.6 Å². The summed E-state index contributed by atoms with van der Waals surface area (Å²) < 4.78 is 68.5. The summed E-state index contributed by atoms with van der Waals surface area (Å²) in [4.78, 5) is 72.9. The third-order valence-corrected chi connectivity index (χ3v) is 18.1. The van der Waals surface area contributed by atoms with E-state index in [1.54, 1.807) is 0 Å². The van der Waals surface area contributed by atoms with Gasteiger partial charge < -0.3 is 33.8 Å². The molecule has 17 nitrogen and oxygen atoms in total. The highest BCUT2D eigenvalue weighted by Gasteiger charge is 2.30. The third kappa shape index (κ3) is 72.1. The summed E-state index contributed by atoms with van der Waals surface area (Å²) in [7, 11) is -9.97. The number of unbranched alkanes of at least 4 members (excludes halogenated alkanes) is 29. The van der Waals surface area contributed by atoms with Crippen LogP contribution in [0.3, 0.4) is 0 Å². The lowest BCUT2D eigenvalue weighted by Crippen LogP contribution is -2.30. The summed E-state index contributed by atoms with van der Waals surface area (Å²) >= 11 is 0. The van der Waals surface area contributed by atoms with Gasteiger partial charge in [-0.25, -0.2) is 9.13 Å². The van der Waals surface area contributed by atoms with Crippen molar-refractivity contribution in [1.82, 2.24) is 0 Å². The molecular weight excluding hydrogens is 1310 g/mol. The van der Waals surface area contributed by atoms with Crippen LogP contribution >= 0.6 is 15.6 Å². The lowest BCUT2D eigenvalue weighted by atomic mass is 10.1. The molecule has 0 aliphatic heterocycles. The molecule has 0 radical (unpaired) electrons. The van der Waals surface area contributed by atoms with Crippen LogP contribution in [0.5, 0.6) is 0 Å². The van der Waals surface area contributed by atoms with Crippen molar-refractivity contribution in [3.63, 3.8) is 0 Å². The molecule has 0 amide bonds. The maximum absolute atomic E-state index is 13.1. The highest BCUT2D eigenvalue weighted by Crippen LogP contribution is 2.45. The molecule has 0 aromatic heterocycles. The summed E-state index contributed by atoms with van der Waals surface area (Å²) in [6.07, 6.45) is 77.8. The zero-order valence-electron chi connectivity index (χ0n) is 62.8. The van der Waals surface area contributed by atoms with Crippen LogP contribution in [-0.2, 0) is 65.4 Å². The van der Waals surface area contributed by atoms with Crippen LogP contribution in [0.25, 0.3) is 0 Å². The normalized spacial score (nSPS) is 14.5. The number of carbonyl (C=O) groups excluding carboxylic acids is 4. The Bertz CT molecular complexity index is 2320. The highest BCUT2D eigenvalue weighted by molar-refractivity contribution is 7.47. The molecule has 19 heteroatoms. The van der Waals surface area contributed by atoms with Crippen molar-refractivity contribution >= 4 is 39.5 Å². The van der Waals surface area contributed by atoms with Crippen LogP contribution < -0.4 is 0 Å². The van der Waals surface area contributed by atoms with Gasteiger partial charge in [0.05, 0.1) is 26.4 Å². The first-order valence-electron chi connectivity index (χ1n) is 39.1. The quantitative estimate of drug-likeness (QED) is 0.0169. The number of allylic oxidation sites excluding steroid dienone is 18. The Balaban J connectivity index is 5.39. The highest BCUT2D eigenvalue weighted by atomic mass is 31.2. The van der Waals surface area contributed by atoms with E-state index in [0.717, 1.165) is 173 Å². The van der Waals surface area contributed by atoms with Gasteiger partial charge in [-0.2, -0.15) is 0 Å². The van der Waals surface area contributed by atoms with E-state index >= 15 is 0 Å². The van der Waals surface area contributed by atoms with Crippen molar-refractivity contribution in [2.45, 2.75) is 341 Å². The fourth-order valence-electron chi connectivity index (χ4n) is 10.2. The van der Waals surface area contributed by atoms with Gasteiger partial charge in [-0.05, 0) is 154 Å². The van der Waals surface area contributed by atoms with Gasteiger partial charge in [-0.15, -0.1) is 0 Å². The van der Waals surface area contributed by atoms with E-state index in [-0.39, 0.29) is 25.7 Å². The van der Waals surface area contributed by atoms with E-state index in [2.05, 4.69) is 137 Å². The van der Waals surface area contributed by atoms with Gasteiger partial charge in [0.1, 0.15) is 19.3 Å². The Hall–Kier alpha value is -4.28. The lowest BCUT2D eigenvalue weighted by molar-refractivity contribution is -0.161. The molecule has 0 saturated heterocycles. The smallest absolute Gasteiger partial charge is 0.462 e. The molecular formula is C81H140O17P2. The topological polar surface area (TPSA) is 237 Å². The predicted molar refractivity (Wildman–Crippen MR) is 408 cm³/mol. The zero-order chi connectivity index (χ0) is 73.2. The Morgan fingerprint density at radius 1 is 0.290 bits per heavy atom. The second-order valence-electron chi connectivity index (χ2n) is 25.9. The fourth-order valence-corrected chi connectivity index (χ4v) is 11.8. The average molecular weight is 1450 g/mol. The van der Waals surface area contributed by atoms with Gasteiger partial charge in [-0.1, -0.05) is 253 Å². The van der Waals surface area contributed by atoms with Gasteiger partial charge in [0.25, 0.3) is 0 Å². The van der Waals surface area contributed by atoms with Gasteiger partial charge in [-0.3, -0.25) is 37.3 Å². The number of esters is 4. The molecule has 0 saturated carbocycles. The summed E-state index contributed by atoms with van der Waals surface area (Å²) in [5.74, 6) is -2.24. The van der Waals surface area contributed by atoms with Gasteiger partial charge >= 0.3 is 39.5 Å². The predicted octanol–water partition coefficient (Wildman–Crippen LogP) is 22.6. The molecule has 0 heterocycles.